The van der Waals surface area contributed by atoms with E-state index in [0.717, 1.165) is 10.9 Å². The lowest BCUT2D eigenvalue weighted by Crippen LogP contribution is -2.40. The fraction of sp³-hybridized carbons (Fsp3) is 0.400. The van der Waals surface area contributed by atoms with Crippen LogP contribution < -0.4 is 10.3 Å². The third kappa shape index (κ3) is 4.23. The molecule has 0 aliphatic rings. The average molecular weight is 327 g/mol. The molecule has 0 fully saturated rings. The van der Waals surface area contributed by atoms with Gasteiger partial charge in [0.1, 0.15) is 4.75 Å². The number of fused-ring (bicyclic) bond motifs is 1. The molecule has 0 spiro atoms. The SMILES string of the molecule is CC(C)(C)[S@+]([O-])NCCc1cc2cc(Cl)ccc2[nH]c1=O. The third-order valence-electron chi connectivity index (χ3n) is 3.07. The van der Waals surface area contributed by atoms with E-state index < -0.39 is 11.4 Å². The Morgan fingerprint density at radius 3 is 2.71 bits per heavy atom. The molecular weight excluding hydrogens is 308 g/mol. The van der Waals surface area contributed by atoms with E-state index in [0.29, 0.717) is 23.6 Å². The van der Waals surface area contributed by atoms with Crippen LogP contribution in [0.5, 0.6) is 0 Å². The van der Waals surface area contributed by atoms with E-state index in [1.165, 1.54) is 0 Å². The molecule has 0 saturated heterocycles. The number of rotatable bonds is 4. The van der Waals surface area contributed by atoms with Gasteiger partial charge in [-0.3, -0.25) is 4.79 Å². The highest BCUT2D eigenvalue weighted by molar-refractivity contribution is 7.90. The van der Waals surface area contributed by atoms with Crippen LogP contribution in [0.15, 0.2) is 29.1 Å². The van der Waals surface area contributed by atoms with Crippen molar-refractivity contribution >= 4 is 33.9 Å². The van der Waals surface area contributed by atoms with Gasteiger partial charge in [-0.15, -0.1) is 4.72 Å². The quantitative estimate of drug-likeness (QED) is 0.849. The van der Waals surface area contributed by atoms with Crippen molar-refractivity contribution in [3.63, 3.8) is 0 Å². The van der Waals surface area contributed by atoms with Gasteiger partial charge in [0, 0.05) is 34.0 Å². The van der Waals surface area contributed by atoms with Gasteiger partial charge >= 0.3 is 0 Å². The molecule has 0 aliphatic heterocycles. The third-order valence-corrected chi connectivity index (χ3v) is 4.88. The molecule has 4 nitrogen and oxygen atoms in total. The second kappa shape index (κ2) is 6.40. The van der Waals surface area contributed by atoms with Crippen LogP contribution in [0.2, 0.25) is 5.02 Å². The van der Waals surface area contributed by atoms with Crippen LogP contribution in [0.25, 0.3) is 10.9 Å². The van der Waals surface area contributed by atoms with E-state index in [1.807, 2.05) is 32.9 Å². The fourth-order valence-corrected chi connectivity index (χ4v) is 2.80. The molecule has 0 aliphatic carbocycles. The molecule has 1 atom stereocenters. The summed E-state index contributed by atoms with van der Waals surface area (Å²) >= 11 is 4.83. The van der Waals surface area contributed by atoms with Crippen molar-refractivity contribution in [3.05, 3.63) is 45.2 Å². The summed E-state index contributed by atoms with van der Waals surface area (Å²) in [6.07, 6.45) is 0.513. The molecule has 0 saturated carbocycles. The van der Waals surface area contributed by atoms with Gasteiger partial charge in [0.05, 0.1) is 0 Å². The number of hydrogen-bond donors (Lipinski definition) is 2. The van der Waals surface area contributed by atoms with Crippen molar-refractivity contribution < 1.29 is 4.55 Å². The summed E-state index contributed by atoms with van der Waals surface area (Å²) in [6.45, 7) is 6.20. The van der Waals surface area contributed by atoms with Crippen molar-refractivity contribution in [2.24, 2.45) is 0 Å². The smallest absolute Gasteiger partial charge is 0.251 e. The maximum Gasteiger partial charge on any atom is 0.251 e. The number of H-pyrrole nitrogens is 1. The Hall–Kier alpha value is -1.01. The molecule has 0 unspecified atom stereocenters. The van der Waals surface area contributed by atoms with Crippen LogP contribution >= 0.6 is 11.6 Å². The monoisotopic (exact) mass is 326 g/mol. The highest BCUT2D eigenvalue weighted by Gasteiger charge is 2.25. The number of nitrogens with one attached hydrogen (secondary N) is 2. The minimum atomic E-state index is -1.13. The molecule has 2 rings (SSSR count). The minimum Gasteiger partial charge on any atom is -0.598 e. The van der Waals surface area contributed by atoms with Gasteiger partial charge in [-0.1, -0.05) is 11.6 Å². The van der Waals surface area contributed by atoms with E-state index in [-0.39, 0.29) is 10.3 Å². The van der Waals surface area contributed by atoms with Crippen molar-refractivity contribution in [1.29, 1.82) is 0 Å². The van der Waals surface area contributed by atoms with E-state index in [1.54, 1.807) is 12.1 Å². The predicted octanol–water partition coefficient (Wildman–Crippen LogP) is 2.78. The zero-order valence-electron chi connectivity index (χ0n) is 12.3. The lowest BCUT2D eigenvalue weighted by Gasteiger charge is -2.23. The van der Waals surface area contributed by atoms with Crippen molar-refractivity contribution in [2.45, 2.75) is 31.9 Å². The zero-order valence-corrected chi connectivity index (χ0v) is 13.9. The molecule has 0 amide bonds. The van der Waals surface area contributed by atoms with E-state index in [2.05, 4.69) is 9.71 Å². The molecule has 1 aromatic carbocycles. The molecule has 2 N–H and O–H groups in total. The molecule has 6 heteroatoms. The van der Waals surface area contributed by atoms with E-state index in [4.69, 9.17) is 11.6 Å². The largest absolute Gasteiger partial charge is 0.598 e. The highest BCUT2D eigenvalue weighted by atomic mass is 35.5. The summed E-state index contributed by atoms with van der Waals surface area (Å²) in [6, 6.07) is 7.18. The Morgan fingerprint density at radius 1 is 1.33 bits per heavy atom. The minimum absolute atomic E-state index is 0.117. The molecule has 1 aromatic heterocycles. The number of benzene rings is 1. The number of aromatic nitrogens is 1. The molecule has 0 radical (unpaired) electrons. The van der Waals surface area contributed by atoms with Crippen molar-refractivity contribution in [2.75, 3.05) is 6.54 Å². The van der Waals surface area contributed by atoms with Gasteiger partial charge in [-0.05, 0) is 56.8 Å². The number of hydrogen-bond acceptors (Lipinski definition) is 3. The summed E-state index contributed by atoms with van der Waals surface area (Å²) < 4.78 is 14.5. The molecule has 0 bridgehead atoms. The Morgan fingerprint density at radius 2 is 2.05 bits per heavy atom. The standard InChI is InChI=1S/C15H19ClN2O2S/c1-15(2,3)21(20)17-7-6-10-8-11-9-12(16)4-5-13(11)18-14(10)19/h4-5,8-9,17H,6-7H2,1-3H3,(H,18,19)/t21-/m0/s1. The predicted molar refractivity (Wildman–Crippen MR) is 89.2 cm³/mol. The lowest BCUT2D eigenvalue weighted by atomic mass is 10.1. The van der Waals surface area contributed by atoms with Crippen LogP contribution in [0.3, 0.4) is 0 Å². The van der Waals surface area contributed by atoms with Gasteiger partial charge in [-0.25, -0.2) is 0 Å². The second-order valence-corrected chi connectivity index (χ2v) is 8.37. The Labute approximate surface area is 132 Å². The molecule has 21 heavy (non-hydrogen) atoms. The van der Waals surface area contributed by atoms with Crippen LogP contribution in [-0.4, -0.2) is 20.8 Å². The summed E-state index contributed by atoms with van der Waals surface area (Å²) in [4.78, 5) is 14.8. The molecule has 1 heterocycles. The average Bonchev–Trinajstić information content (AvgIpc) is 2.38. The maximum atomic E-state index is 12.0. The Bertz CT molecular complexity index is 694. The Kier molecular flexibility index (Phi) is 4.99. The maximum absolute atomic E-state index is 12.0. The van der Waals surface area contributed by atoms with Gasteiger partial charge in [0.15, 0.2) is 0 Å². The van der Waals surface area contributed by atoms with Crippen molar-refractivity contribution in [3.8, 4) is 0 Å². The summed E-state index contributed by atoms with van der Waals surface area (Å²) in [7, 11) is 0. The summed E-state index contributed by atoms with van der Waals surface area (Å²) in [5.41, 5.74) is 1.30. The van der Waals surface area contributed by atoms with Gasteiger partial charge in [0.25, 0.3) is 5.56 Å². The lowest BCUT2D eigenvalue weighted by molar-refractivity contribution is 0.544. The second-order valence-electron chi connectivity index (χ2n) is 5.88. The first kappa shape index (κ1) is 16.4. The van der Waals surface area contributed by atoms with Gasteiger partial charge in [-0.2, -0.15) is 0 Å². The number of pyridine rings is 1. The van der Waals surface area contributed by atoms with Gasteiger partial charge in [0.2, 0.25) is 0 Å². The first-order valence-corrected chi connectivity index (χ1v) is 8.27. The zero-order chi connectivity index (χ0) is 15.6. The van der Waals surface area contributed by atoms with Crippen molar-refractivity contribution in [1.82, 2.24) is 9.71 Å². The van der Waals surface area contributed by atoms with Gasteiger partial charge < -0.3 is 9.54 Å². The fourth-order valence-electron chi connectivity index (χ4n) is 1.90. The molecule has 2 aromatic rings. The molecule has 114 valence electrons. The number of aromatic amines is 1. The van der Waals surface area contributed by atoms with E-state index in [9.17, 15) is 9.35 Å². The van der Waals surface area contributed by atoms with Crippen LogP contribution in [-0.2, 0) is 17.8 Å². The molecular formula is C15H19ClN2O2S. The first-order chi connectivity index (χ1) is 9.77. The van der Waals surface area contributed by atoms with E-state index >= 15 is 0 Å². The van der Waals surface area contributed by atoms with Crippen LogP contribution in [0.1, 0.15) is 26.3 Å². The summed E-state index contributed by atoms with van der Waals surface area (Å²) in [5.74, 6) is 0. The number of halogens is 1. The highest BCUT2D eigenvalue weighted by Crippen LogP contribution is 2.17. The first-order valence-electron chi connectivity index (χ1n) is 6.74. The summed E-state index contributed by atoms with van der Waals surface area (Å²) in [5, 5.41) is 1.53. The normalized spacial score (nSPS) is 13.6. The van der Waals surface area contributed by atoms with Crippen LogP contribution in [0.4, 0.5) is 0 Å². The topological polar surface area (TPSA) is 67.9 Å². The Balaban J connectivity index is 2.12. The van der Waals surface area contributed by atoms with Crippen LogP contribution in [0, 0.1) is 0 Å².